The minimum Gasteiger partial charge on any atom is -0.383 e. The molecule has 2 aromatic rings. The first-order valence-corrected chi connectivity index (χ1v) is 10.1. The van der Waals surface area contributed by atoms with Crippen LogP contribution in [-0.2, 0) is 4.74 Å². The molecule has 3 amide bonds. The van der Waals surface area contributed by atoms with E-state index in [4.69, 9.17) is 4.74 Å². The third kappa shape index (κ3) is 4.82. The molecular formula is C21H31N5O3. The number of amides is 3. The molecule has 158 valence electrons. The van der Waals surface area contributed by atoms with Crippen LogP contribution in [0.2, 0.25) is 0 Å². The second kappa shape index (κ2) is 9.17. The van der Waals surface area contributed by atoms with Crippen LogP contribution in [0.3, 0.4) is 0 Å². The molecule has 8 heteroatoms. The zero-order valence-corrected chi connectivity index (χ0v) is 17.7. The molecule has 1 N–H and O–H groups in total. The van der Waals surface area contributed by atoms with Gasteiger partial charge in [0.15, 0.2) is 0 Å². The van der Waals surface area contributed by atoms with Crippen molar-refractivity contribution in [3.63, 3.8) is 0 Å². The number of urea groups is 1. The molecule has 1 aliphatic heterocycles. The van der Waals surface area contributed by atoms with Crippen molar-refractivity contribution < 1.29 is 14.3 Å². The molecule has 0 aromatic carbocycles. The molecule has 29 heavy (non-hydrogen) atoms. The number of hydrogen-bond acceptors (Lipinski definition) is 4. The van der Waals surface area contributed by atoms with E-state index >= 15 is 0 Å². The normalized spacial score (nSPS) is 14.5. The van der Waals surface area contributed by atoms with Gasteiger partial charge in [-0.25, -0.2) is 4.79 Å². The summed E-state index contributed by atoms with van der Waals surface area (Å²) in [7, 11) is 3.41. The molecule has 1 fully saturated rings. The van der Waals surface area contributed by atoms with E-state index in [-0.39, 0.29) is 18.0 Å². The number of nitrogens with zero attached hydrogens (tertiary/aromatic N) is 4. The van der Waals surface area contributed by atoms with Crippen molar-refractivity contribution in [1.29, 1.82) is 0 Å². The van der Waals surface area contributed by atoms with Gasteiger partial charge < -0.3 is 29.2 Å². The van der Waals surface area contributed by atoms with Crippen molar-refractivity contribution in [3.8, 4) is 0 Å². The summed E-state index contributed by atoms with van der Waals surface area (Å²) < 4.78 is 7.12. The van der Waals surface area contributed by atoms with E-state index in [0.717, 1.165) is 24.4 Å². The molecule has 1 aliphatic rings. The van der Waals surface area contributed by atoms with Gasteiger partial charge in [-0.1, -0.05) is 0 Å². The molecule has 1 saturated heterocycles. The molecule has 0 spiro atoms. The van der Waals surface area contributed by atoms with Crippen LogP contribution in [-0.4, -0.2) is 85.7 Å². The molecule has 3 rings (SSSR count). The predicted molar refractivity (Wildman–Crippen MR) is 114 cm³/mol. The fourth-order valence-corrected chi connectivity index (χ4v) is 3.50. The molecule has 0 radical (unpaired) electrons. The first-order valence-electron chi connectivity index (χ1n) is 10.1. The van der Waals surface area contributed by atoms with E-state index in [9.17, 15) is 9.59 Å². The Bertz CT molecular complexity index is 855. The van der Waals surface area contributed by atoms with Crippen molar-refractivity contribution in [2.75, 3.05) is 58.4 Å². The standard InChI is InChI=1S/C21H31N5O3/c1-16(2)22-21(28)25-11-9-24(10-12-25)19-8-7-18-6-5-17(15-26(18)19)20(27)23(3)13-14-29-4/h5-8,15-16H,9-14H2,1-4H3,(H,22,28). The SMILES string of the molecule is COCCN(C)C(=O)c1ccc2ccc(N3CCN(C(=O)NC(C)C)CC3)n2c1. The van der Waals surface area contributed by atoms with Crippen LogP contribution in [0.1, 0.15) is 24.2 Å². The maximum Gasteiger partial charge on any atom is 0.317 e. The van der Waals surface area contributed by atoms with Gasteiger partial charge in [0.05, 0.1) is 12.2 Å². The predicted octanol–water partition coefficient (Wildman–Crippen LogP) is 1.90. The molecule has 3 heterocycles. The number of nitrogens with one attached hydrogen (secondary N) is 1. The van der Waals surface area contributed by atoms with Crippen LogP contribution in [0.4, 0.5) is 10.6 Å². The highest BCUT2D eigenvalue weighted by atomic mass is 16.5. The first kappa shape index (κ1) is 21.0. The van der Waals surface area contributed by atoms with Gasteiger partial charge in [-0.05, 0) is 38.1 Å². The molecule has 8 nitrogen and oxygen atoms in total. The molecular weight excluding hydrogens is 370 g/mol. The van der Waals surface area contributed by atoms with E-state index < -0.39 is 0 Å². The Labute approximate surface area is 172 Å². The number of carbonyl (C=O) groups is 2. The third-order valence-electron chi connectivity index (χ3n) is 5.16. The van der Waals surface area contributed by atoms with Crippen molar-refractivity contribution in [2.24, 2.45) is 0 Å². The molecule has 0 saturated carbocycles. The number of piperazine rings is 1. The van der Waals surface area contributed by atoms with Gasteiger partial charge in [0.1, 0.15) is 5.82 Å². The largest absolute Gasteiger partial charge is 0.383 e. The molecule has 0 atom stereocenters. The number of rotatable bonds is 6. The number of carbonyl (C=O) groups excluding carboxylic acids is 2. The Balaban J connectivity index is 1.72. The van der Waals surface area contributed by atoms with Gasteiger partial charge in [-0.15, -0.1) is 0 Å². The number of fused-ring (bicyclic) bond motifs is 1. The van der Waals surface area contributed by atoms with Crippen LogP contribution in [0, 0.1) is 0 Å². The highest BCUT2D eigenvalue weighted by Crippen LogP contribution is 2.22. The zero-order valence-electron chi connectivity index (χ0n) is 17.7. The van der Waals surface area contributed by atoms with Gasteiger partial charge in [0.25, 0.3) is 5.91 Å². The Morgan fingerprint density at radius 2 is 1.83 bits per heavy atom. The molecule has 0 bridgehead atoms. The summed E-state index contributed by atoms with van der Waals surface area (Å²) in [4.78, 5) is 30.7. The second-order valence-corrected chi connectivity index (χ2v) is 7.70. The number of aromatic nitrogens is 1. The number of ether oxygens (including phenoxy) is 1. The Kier molecular flexibility index (Phi) is 6.64. The Morgan fingerprint density at radius 3 is 2.48 bits per heavy atom. The van der Waals surface area contributed by atoms with E-state index in [2.05, 4.69) is 26.8 Å². The lowest BCUT2D eigenvalue weighted by atomic mass is 10.2. The van der Waals surface area contributed by atoms with Crippen LogP contribution in [0.15, 0.2) is 30.5 Å². The summed E-state index contributed by atoms with van der Waals surface area (Å²) in [5, 5.41) is 2.95. The number of pyridine rings is 1. The molecule has 0 unspecified atom stereocenters. The number of hydrogen-bond donors (Lipinski definition) is 1. The van der Waals surface area contributed by atoms with Gasteiger partial charge in [-0.2, -0.15) is 0 Å². The lowest BCUT2D eigenvalue weighted by molar-refractivity contribution is 0.0743. The van der Waals surface area contributed by atoms with E-state index in [0.29, 0.717) is 31.8 Å². The summed E-state index contributed by atoms with van der Waals surface area (Å²) in [6.45, 7) is 7.83. The van der Waals surface area contributed by atoms with Crippen LogP contribution in [0.25, 0.3) is 5.52 Å². The minimum absolute atomic E-state index is 0.00773. The smallest absolute Gasteiger partial charge is 0.317 e. The summed E-state index contributed by atoms with van der Waals surface area (Å²) in [5.74, 6) is 1.01. The van der Waals surface area contributed by atoms with Crippen molar-refractivity contribution >= 4 is 23.3 Å². The lowest BCUT2D eigenvalue weighted by Crippen LogP contribution is -2.53. The monoisotopic (exact) mass is 401 g/mol. The quantitative estimate of drug-likeness (QED) is 0.803. The average molecular weight is 402 g/mol. The van der Waals surface area contributed by atoms with E-state index in [1.54, 1.807) is 19.1 Å². The fourth-order valence-electron chi connectivity index (χ4n) is 3.50. The van der Waals surface area contributed by atoms with Crippen molar-refractivity contribution in [1.82, 2.24) is 19.5 Å². The fraction of sp³-hybridized carbons (Fsp3) is 0.524. The summed E-state index contributed by atoms with van der Waals surface area (Å²) in [6.07, 6.45) is 1.90. The molecule has 2 aromatic heterocycles. The Morgan fingerprint density at radius 1 is 1.14 bits per heavy atom. The lowest BCUT2D eigenvalue weighted by Gasteiger charge is -2.36. The van der Waals surface area contributed by atoms with E-state index in [1.807, 2.05) is 37.1 Å². The van der Waals surface area contributed by atoms with Crippen molar-refractivity contribution in [3.05, 3.63) is 36.0 Å². The van der Waals surface area contributed by atoms with Gasteiger partial charge in [0, 0.05) is 64.6 Å². The van der Waals surface area contributed by atoms with Gasteiger partial charge >= 0.3 is 6.03 Å². The number of likely N-dealkylation sites (N-methyl/N-ethyl adjacent to an activating group) is 1. The topological polar surface area (TPSA) is 69.5 Å². The summed E-state index contributed by atoms with van der Waals surface area (Å²) in [5.41, 5.74) is 1.68. The van der Waals surface area contributed by atoms with Crippen molar-refractivity contribution in [2.45, 2.75) is 19.9 Å². The minimum atomic E-state index is -0.0289. The van der Waals surface area contributed by atoms with E-state index in [1.165, 1.54) is 0 Å². The van der Waals surface area contributed by atoms with Crippen LogP contribution >= 0.6 is 0 Å². The van der Waals surface area contributed by atoms with Gasteiger partial charge in [0.2, 0.25) is 0 Å². The maximum absolute atomic E-state index is 12.7. The van der Waals surface area contributed by atoms with Crippen LogP contribution in [0.5, 0.6) is 0 Å². The third-order valence-corrected chi connectivity index (χ3v) is 5.16. The first-order chi connectivity index (χ1) is 13.9. The second-order valence-electron chi connectivity index (χ2n) is 7.70. The zero-order chi connectivity index (χ0) is 21.0. The summed E-state index contributed by atoms with van der Waals surface area (Å²) >= 11 is 0. The van der Waals surface area contributed by atoms with Gasteiger partial charge in [-0.3, -0.25) is 4.79 Å². The summed E-state index contributed by atoms with van der Waals surface area (Å²) in [6, 6.07) is 8.07. The average Bonchev–Trinajstić information content (AvgIpc) is 3.14. The maximum atomic E-state index is 12.7. The van der Waals surface area contributed by atoms with Crippen LogP contribution < -0.4 is 10.2 Å². The molecule has 0 aliphatic carbocycles. The highest BCUT2D eigenvalue weighted by Gasteiger charge is 2.23. The number of anilines is 1. The highest BCUT2D eigenvalue weighted by molar-refractivity contribution is 5.94. The number of methoxy groups -OCH3 is 1. The Hall–Kier alpha value is -2.74.